The topological polar surface area (TPSA) is 33.6 Å². The van der Waals surface area contributed by atoms with Crippen LogP contribution in [0.5, 0.6) is 0 Å². The first-order chi connectivity index (χ1) is 6.78. The molecule has 1 aliphatic carbocycles. The minimum Gasteiger partial charge on any atom is -0.381 e. The number of amidine groups is 1. The van der Waals surface area contributed by atoms with Crippen molar-refractivity contribution in [2.45, 2.75) is 44.4 Å². The lowest BCUT2D eigenvalue weighted by molar-refractivity contribution is 0.108. The summed E-state index contributed by atoms with van der Waals surface area (Å²) in [5, 5.41) is 4.52. The lowest BCUT2D eigenvalue weighted by Gasteiger charge is -2.07. The molecule has 4 heteroatoms. The zero-order chi connectivity index (χ0) is 9.97. The van der Waals surface area contributed by atoms with Crippen LogP contribution in [0, 0.1) is 0 Å². The van der Waals surface area contributed by atoms with E-state index in [4.69, 9.17) is 9.73 Å². The molecular formula is C10H18N2OS. The van der Waals surface area contributed by atoms with E-state index in [-0.39, 0.29) is 0 Å². The minimum atomic E-state index is 0.438. The summed E-state index contributed by atoms with van der Waals surface area (Å²) < 4.78 is 5.33. The molecule has 0 amide bonds. The summed E-state index contributed by atoms with van der Waals surface area (Å²) in [6, 6.07) is 1.07. The summed E-state index contributed by atoms with van der Waals surface area (Å²) in [5.41, 5.74) is 0. The lowest BCUT2D eigenvalue weighted by Crippen LogP contribution is -2.24. The summed E-state index contributed by atoms with van der Waals surface area (Å²) in [6.07, 6.45) is 3.88. The number of hydrogen-bond acceptors (Lipinski definition) is 3. The summed E-state index contributed by atoms with van der Waals surface area (Å²) in [7, 11) is 1.80. The van der Waals surface area contributed by atoms with Crippen LogP contribution >= 0.6 is 11.8 Å². The maximum Gasteiger partial charge on any atom is 0.157 e. The Morgan fingerprint density at radius 2 is 2.36 bits per heavy atom. The van der Waals surface area contributed by atoms with Crippen LogP contribution in [0.15, 0.2) is 4.99 Å². The highest BCUT2D eigenvalue weighted by atomic mass is 32.2. The first-order valence-electron chi connectivity index (χ1n) is 5.28. The van der Waals surface area contributed by atoms with E-state index in [1.165, 1.54) is 6.42 Å². The number of rotatable bonds is 2. The second-order valence-electron chi connectivity index (χ2n) is 4.12. The summed E-state index contributed by atoms with van der Waals surface area (Å²) in [6.45, 7) is 2.20. The van der Waals surface area contributed by atoms with Crippen molar-refractivity contribution in [2.24, 2.45) is 4.99 Å². The number of thioether (sulfide) groups is 1. The van der Waals surface area contributed by atoms with Gasteiger partial charge in [-0.15, -0.1) is 0 Å². The molecule has 0 spiro atoms. The van der Waals surface area contributed by atoms with Gasteiger partial charge in [0, 0.05) is 18.9 Å². The van der Waals surface area contributed by atoms with Gasteiger partial charge in [-0.05, 0) is 26.2 Å². The molecule has 0 aromatic carbocycles. The van der Waals surface area contributed by atoms with Gasteiger partial charge >= 0.3 is 0 Å². The number of hydrogen-bond donors (Lipinski definition) is 1. The zero-order valence-electron chi connectivity index (χ0n) is 8.82. The SMILES string of the molecule is COC1CCC(N=C2NC(C)CS2)C1. The van der Waals surface area contributed by atoms with Crippen LogP contribution in [0.25, 0.3) is 0 Å². The molecule has 3 atom stereocenters. The number of nitrogens with one attached hydrogen (secondary N) is 1. The van der Waals surface area contributed by atoms with E-state index >= 15 is 0 Å². The molecule has 0 radical (unpaired) electrons. The molecule has 1 saturated carbocycles. The Kier molecular flexibility index (Phi) is 3.34. The molecule has 1 heterocycles. The summed E-state index contributed by atoms with van der Waals surface area (Å²) in [4.78, 5) is 4.71. The summed E-state index contributed by atoms with van der Waals surface area (Å²) >= 11 is 1.84. The number of ether oxygens (including phenoxy) is 1. The van der Waals surface area contributed by atoms with Crippen LogP contribution in [0.1, 0.15) is 26.2 Å². The highest BCUT2D eigenvalue weighted by Gasteiger charge is 2.25. The Hall–Kier alpha value is -0.220. The Balaban J connectivity index is 1.86. The van der Waals surface area contributed by atoms with Gasteiger partial charge < -0.3 is 10.1 Å². The van der Waals surface area contributed by atoms with Crippen LogP contribution in [-0.2, 0) is 4.74 Å². The highest BCUT2D eigenvalue weighted by Crippen LogP contribution is 2.25. The first kappa shape index (κ1) is 10.3. The first-order valence-corrected chi connectivity index (χ1v) is 6.26. The minimum absolute atomic E-state index is 0.438. The van der Waals surface area contributed by atoms with E-state index in [2.05, 4.69) is 12.2 Å². The zero-order valence-corrected chi connectivity index (χ0v) is 9.64. The molecule has 0 bridgehead atoms. The van der Waals surface area contributed by atoms with E-state index < -0.39 is 0 Å². The fourth-order valence-electron chi connectivity index (χ4n) is 1.99. The Morgan fingerprint density at radius 3 is 2.93 bits per heavy atom. The molecule has 1 N–H and O–H groups in total. The average molecular weight is 214 g/mol. The van der Waals surface area contributed by atoms with Crippen molar-refractivity contribution in [3.8, 4) is 0 Å². The maximum absolute atomic E-state index is 5.33. The molecule has 2 aliphatic rings. The Morgan fingerprint density at radius 1 is 1.50 bits per heavy atom. The number of nitrogens with zero attached hydrogens (tertiary/aromatic N) is 1. The fourth-order valence-corrected chi connectivity index (χ4v) is 2.99. The predicted molar refractivity (Wildman–Crippen MR) is 60.9 cm³/mol. The second-order valence-corrected chi connectivity index (χ2v) is 5.12. The molecule has 3 unspecified atom stereocenters. The maximum atomic E-state index is 5.33. The van der Waals surface area contributed by atoms with Crippen molar-refractivity contribution < 1.29 is 4.74 Å². The third-order valence-corrected chi connectivity index (χ3v) is 3.99. The van der Waals surface area contributed by atoms with E-state index in [1.807, 2.05) is 11.8 Å². The van der Waals surface area contributed by atoms with Crippen LogP contribution in [0.4, 0.5) is 0 Å². The molecule has 80 valence electrons. The molecule has 1 saturated heterocycles. The summed E-state index contributed by atoms with van der Waals surface area (Å²) in [5.74, 6) is 1.15. The molecule has 0 aromatic heterocycles. The normalized spacial score (nSPS) is 40.4. The second kappa shape index (κ2) is 4.53. The van der Waals surface area contributed by atoms with E-state index in [1.54, 1.807) is 7.11 Å². The van der Waals surface area contributed by atoms with Crippen molar-refractivity contribution in [1.29, 1.82) is 0 Å². The van der Waals surface area contributed by atoms with Crippen molar-refractivity contribution >= 4 is 16.9 Å². The van der Waals surface area contributed by atoms with Crippen molar-refractivity contribution in [2.75, 3.05) is 12.9 Å². The van der Waals surface area contributed by atoms with E-state index in [0.29, 0.717) is 18.2 Å². The van der Waals surface area contributed by atoms with Crippen LogP contribution in [0.3, 0.4) is 0 Å². The van der Waals surface area contributed by atoms with Gasteiger partial charge in [-0.3, -0.25) is 4.99 Å². The van der Waals surface area contributed by atoms with Gasteiger partial charge in [-0.1, -0.05) is 11.8 Å². The third-order valence-electron chi connectivity index (χ3n) is 2.83. The molecule has 2 fully saturated rings. The molecule has 14 heavy (non-hydrogen) atoms. The largest absolute Gasteiger partial charge is 0.381 e. The molecule has 2 rings (SSSR count). The molecule has 0 aromatic rings. The Bertz CT molecular complexity index is 232. The molecular weight excluding hydrogens is 196 g/mol. The van der Waals surface area contributed by atoms with Crippen LogP contribution in [-0.4, -0.2) is 36.2 Å². The van der Waals surface area contributed by atoms with Crippen LogP contribution in [0.2, 0.25) is 0 Å². The van der Waals surface area contributed by atoms with Crippen LogP contribution < -0.4 is 5.32 Å². The number of aliphatic imine (C=N–C) groups is 1. The van der Waals surface area contributed by atoms with E-state index in [0.717, 1.165) is 23.8 Å². The predicted octanol–water partition coefficient (Wildman–Crippen LogP) is 1.63. The van der Waals surface area contributed by atoms with Gasteiger partial charge in [0.25, 0.3) is 0 Å². The van der Waals surface area contributed by atoms with Gasteiger partial charge in [0.1, 0.15) is 0 Å². The van der Waals surface area contributed by atoms with Crippen molar-refractivity contribution in [3.05, 3.63) is 0 Å². The van der Waals surface area contributed by atoms with Crippen molar-refractivity contribution in [1.82, 2.24) is 5.32 Å². The van der Waals surface area contributed by atoms with Gasteiger partial charge in [0.2, 0.25) is 0 Å². The van der Waals surface area contributed by atoms with Gasteiger partial charge in [-0.2, -0.15) is 0 Å². The van der Waals surface area contributed by atoms with Gasteiger partial charge in [0.15, 0.2) is 5.17 Å². The third kappa shape index (κ3) is 2.42. The molecule has 1 aliphatic heterocycles. The smallest absolute Gasteiger partial charge is 0.157 e. The quantitative estimate of drug-likeness (QED) is 0.758. The average Bonchev–Trinajstić information content (AvgIpc) is 2.76. The lowest BCUT2D eigenvalue weighted by atomic mass is 10.3. The van der Waals surface area contributed by atoms with Gasteiger partial charge in [-0.25, -0.2) is 0 Å². The highest BCUT2D eigenvalue weighted by molar-refractivity contribution is 8.14. The van der Waals surface area contributed by atoms with E-state index in [9.17, 15) is 0 Å². The Labute approximate surface area is 89.7 Å². The molecule has 3 nitrogen and oxygen atoms in total. The number of methoxy groups -OCH3 is 1. The van der Waals surface area contributed by atoms with Gasteiger partial charge in [0.05, 0.1) is 12.1 Å². The fraction of sp³-hybridized carbons (Fsp3) is 0.900. The standard InChI is InChI=1S/C10H18N2OS/c1-7-6-14-10(11-7)12-8-3-4-9(5-8)13-2/h7-9H,3-6H2,1-2H3,(H,11,12). The monoisotopic (exact) mass is 214 g/mol. The van der Waals surface area contributed by atoms with Crippen molar-refractivity contribution in [3.63, 3.8) is 0 Å².